The number of hydrogen-bond acceptors (Lipinski definition) is 3. The number of nitriles is 1. The van der Waals surface area contributed by atoms with Gasteiger partial charge in [-0.1, -0.05) is 12.1 Å². The van der Waals surface area contributed by atoms with Gasteiger partial charge >= 0.3 is 0 Å². The number of nitrogens with two attached hydrogens (primary N) is 1. The van der Waals surface area contributed by atoms with Crippen molar-refractivity contribution in [2.45, 2.75) is 44.6 Å². The van der Waals surface area contributed by atoms with E-state index in [0.29, 0.717) is 0 Å². The van der Waals surface area contributed by atoms with Crippen LogP contribution in [0.2, 0.25) is 0 Å². The Balaban J connectivity index is 2.01. The van der Waals surface area contributed by atoms with Crippen molar-refractivity contribution in [3.63, 3.8) is 0 Å². The maximum Gasteiger partial charge on any atom is 0.227 e. The summed E-state index contributed by atoms with van der Waals surface area (Å²) in [5.74, 6) is 0.0745. The third-order valence-electron chi connectivity index (χ3n) is 4.00. The Bertz CT molecular complexity index is 528. The van der Waals surface area contributed by atoms with Gasteiger partial charge in [0.15, 0.2) is 0 Å². The highest BCUT2D eigenvalue weighted by Gasteiger charge is 2.27. The van der Waals surface area contributed by atoms with Gasteiger partial charge in [0.2, 0.25) is 5.91 Å². The van der Waals surface area contributed by atoms with Gasteiger partial charge < -0.3 is 11.1 Å². The Labute approximate surface area is 120 Å². The number of nitrogens with one attached hydrogen (secondary N) is 1. The van der Waals surface area contributed by atoms with E-state index in [0.717, 1.165) is 30.5 Å². The van der Waals surface area contributed by atoms with E-state index in [-0.39, 0.29) is 17.9 Å². The van der Waals surface area contributed by atoms with E-state index in [2.05, 4.69) is 11.4 Å². The van der Waals surface area contributed by atoms with Crippen LogP contribution in [0.1, 0.15) is 38.7 Å². The average Bonchev–Trinajstić information content (AvgIpc) is 2.86. The maximum absolute atomic E-state index is 12.1. The molecule has 0 bridgehead atoms. The van der Waals surface area contributed by atoms with Gasteiger partial charge in [-0.05, 0) is 50.8 Å². The Morgan fingerprint density at radius 3 is 2.50 bits per heavy atom. The molecule has 0 spiro atoms. The average molecular weight is 271 g/mol. The molecule has 1 aromatic rings. The van der Waals surface area contributed by atoms with Crippen molar-refractivity contribution in [1.29, 1.82) is 5.26 Å². The molecule has 0 radical (unpaired) electrons. The van der Waals surface area contributed by atoms with E-state index in [4.69, 9.17) is 11.0 Å². The van der Waals surface area contributed by atoms with Crippen LogP contribution in [0.5, 0.6) is 0 Å². The van der Waals surface area contributed by atoms with Crippen LogP contribution in [0, 0.1) is 17.2 Å². The molecule has 1 aliphatic rings. The van der Waals surface area contributed by atoms with E-state index in [1.807, 2.05) is 38.1 Å². The third-order valence-corrected chi connectivity index (χ3v) is 4.00. The van der Waals surface area contributed by atoms with E-state index in [1.165, 1.54) is 0 Å². The highest BCUT2D eigenvalue weighted by molar-refractivity contribution is 5.92. The predicted octanol–water partition coefficient (Wildman–Crippen LogP) is 2.55. The van der Waals surface area contributed by atoms with Crippen molar-refractivity contribution in [1.82, 2.24) is 0 Å². The summed E-state index contributed by atoms with van der Waals surface area (Å²) in [6, 6.07) is 9.90. The van der Waals surface area contributed by atoms with E-state index >= 15 is 0 Å². The number of amides is 1. The zero-order chi connectivity index (χ0) is 14.8. The lowest BCUT2D eigenvalue weighted by Crippen LogP contribution is -2.23. The Hall–Kier alpha value is -1.86. The summed E-state index contributed by atoms with van der Waals surface area (Å²) in [6.07, 6.45) is 2.56. The second kappa shape index (κ2) is 5.64. The fourth-order valence-electron chi connectivity index (χ4n) is 2.53. The molecular formula is C16H21N3O. The Morgan fingerprint density at radius 1 is 1.35 bits per heavy atom. The fourth-order valence-corrected chi connectivity index (χ4v) is 2.53. The highest BCUT2D eigenvalue weighted by Crippen LogP contribution is 2.27. The molecule has 1 aliphatic carbocycles. The first-order valence-corrected chi connectivity index (χ1v) is 7.00. The summed E-state index contributed by atoms with van der Waals surface area (Å²) >= 11 is 0. The van der Waals surface area contributed by atoms with Gasteiger partial charge in [0.05, 0.1) is 11.5 Å². The van der Waals surface area contributed by atoms with E-state index < -0.39 is 5.41 Å². The highest BCUT2D eigenvalue weighted by atomic mass is 16.1. The minimum Gasteiger partial charge on any atom is -0.328 e. The van der Waals surface area contributed by atoms with E-state index in [9.17, 15) is 4.79 Å². The molecule has 20 heavy (non-hydrogen) atoms. The quantitative estimate of drug-likeness (QED) is 0.886. The van der Waals surface area contributed by atoms with Gasteiger partial charge in [-0.2, -0.15) is 5.26 Å². The van der Waals surface area contributed by atoms with Crippen molar-refractivity contribution in [3.05, 3.63) is 29.8 Å². The molecule has 1 aromatic carbocycles. The number of nitrogens with zero attached hydrogens (tertiary/aromatic N) is 1. The smallest absolute Gasteiger partial charge is 0.227 e. The zero-order valence-electron chi connectivity index (χ0n) is 12.0. The van der Waals surface area contributed by atoms with Crippen LogP contribution in [-0.2, 0) is 10.2 Å². The van der Waals surface area contributed by atoms with Gasteiger partial charge in [-0.15, -0.1) is 0 Å². The first kappa shape index (κ1) is 14.5. The number of hydrogen-bond donors (Lipinski definition) is 2. The molecule has 2 rings (SSSR count). The molecule has 2 atom stereocenters. The SMILES string of the molecule is CC(C)(C#N)c1ccc(NC(=O)C2CCC(N)C2)cc1. The van der Waals surface area contributed by atoms with Crippen LogP contribution < -0.4 is 11.1 Å². The second-order valence-electron chi connectivity index (χ2n) is 6.07. The number of carbonyl (C=O) groups is 1. The van der Waals surface area contributed by atoms with Crippen LogP contribution in [0.15, 0.2) is 24.3 Å². The van der Waals surface area contributed by atoms with Gasteiger partial charge in [0, 0.05) is 17.6 Å². The van der Waals surface area contributed by atoms with Crippen molar-refractivity contribution >= 4 is 11.6 Å². The summed E-state index contributed by atoms with van der Waals surface area (Å²) < 4.78 is 0. The summed E-state index contributed by atoms with van der Waals surface area (Å²) in [7, 11) is 0. The molecule has 0 aliphatic heterocycles. The Kier molecular flexibility index (Phi) is 4.10. The van der Waals surface area contributed by atoms with Gasteiger partial charge in [-0.3, -0.25) is 4.79 Å². The zero-order valence-corrected chi connectivity index (χ0v) is 12.0. The van der Waals surface area contributed by atoms with E-state index in [1.54, 1.807) is 0 Å². The summed E-state index contributed by atoms with van der Waals surface area (Å²) in [6.45, 7) is 3.75. The van der Waals surface area contributed by atoms with Gasteiger partial charge in [0.25, 0.3) is 0 Å². The predicted molar refractivity (Wildman–Crippen MR) is 79.0 cm³/mol. The van der Waals surface area contributed by atoms with Crippen molar-refractivity contribution < 1.29 is 4.79 Å². The van der Waals surface area contributed by atoms with Crippen molar-refractivity contribution in [2.24, 2.45) is 11.7 Å². The Morgan fingerprint density at radius 2 is 2.00 bits per heavy atom. The molecule has 4 heteroatoms. The molecule has 2 unspecified atom stereocenters. The van der Waals surface area contributed by atoms with Crippen LogP contribution in [0.25, 0.3) is 0 Å². The number of rotatable bonds is 3. The van der Waals surface area contributed by atoms with Crippen LogP contribution in [0.3, 0.4) is 0 Å². The van der Waals surface area contributed by atoms with Gasteiger partial charge in [-0.25, -0.2) is 0 Å². The number of carbonyl (C=O) groups excluding carboxylic acids is 1. The molecule has 0 saturated heterocycles. The van der Waals surface area contributed by atoms with Crippen LogP contribution in [-0.4, -0.2) is 11.9 Å². The van der Waals surface area contributed by atoms with Crippen LogP contribution >= 0.6 is 0 Å². The molecule has 1 fully saturated rings. The first-order chi connectivity index (χ1) is 9.42. The first-order valence-electron chi connectivity index (χ1n) is 7.00. The lowest BCUT2D eigenvalue weighted by atomic mass is 9.86. The van der Waals surface area contributed by atoms with Crippen molar-refractivity contribution in [3.8, 4) is 6.07 Å². The minimum absolute atomic E-state index is 0.0280. The largest absolute Gasteiger partial charge is 0.328 e. The molecule has 4 nitrogen and oxygen atoms in total. The third kappa shape index (κ3) is 3.17. The minimum atomic E-state index is -0.513. The number of benzene rings is 1. The van der Waals surface area contributed by atoms with Crippen molar-refractivity contribution in [2.75, 3.05) is 5.32 Å². The molecule has 3 N–H and O–H groups in total. The lowest BCUT2D eigenvalue weighted by molar-refractivity contribution is -0.119. The lowest BCUT2D eigenvalue weighted by Gasteiger charge is -2.16. The second-order valence-corrected chi connectivity index (χ2v) is 6.07. The maximum atomic E-state index is 12.1. The summed E-state index contributed by atoms with van der Waals surface area (Å²) in [5.41, 5.74) is 7.03. The molecule has 1 amide bonds. The summed E-state index contributed by atoms with van der Waals surface area (Å²) in [4.78, 5) is 12.1. The number of anilines is 1. The molecule has 1 saturated carbocycles. The summed E-state index contributed by atoms with van der Waals surface area (Å²) in [5, 5.41) is 12.0. The topological polar surface area (TPSA) is 78.9 Å². The fraction of sp³-hybridized carbons (Fsp3) is 0.500. The molecule has 106 valence electrons. The molecular weight excluding hydrogens is 250 g/mol. The molecule has 0 aromatic heterocycles. The van der Waals surface area contributed by atoms with Crippen LogP contribution in [0.4, 0.5) is 5.69 Å². The standard InChI is InChI=1S/C16H21N3O/c1-16(2,10-17)12-4-7-14(8-5-12)19-15(20)11-3-6-13(18)9-11/h4-5,7-8,11,13H,3,6,9,18H2,1-2H3,(H,19,20). The normalized spacial score (nSPS) is 22.3. The molecule has 0 heterocycles. The monoisotopic (exact) mass is 271 g/mol. The van der Waals surface area contributed by atoms with Gasteiger partial charge in [0.1, 0.15) is 0 Å².